The number of carbonyl (C=O) groups excluding carboxylic acids is 1. The molecule has 1 aliphatic heterocycles. The number of benzene rings is 1. The van der Waals surface area contributed by atoms with Crippen molar-refractivity contribution < 1.29 is 9.72 Å². The van der Waals surface area contributed by atoms with Gasteiger partial charge in [-0.2, -0.15) is 0 Å². The maximum Gasteiger partial charge on any atom is 0.272 e. The predicted molar refractivity (Wildman–Crippen MR) is 72.0 cm³/mol. The number of nitro benzene ring substituents is 1. The average Bonchev–Trinajstić information content (AvgIpc) is 2.38. The van der Waals surface area contributed by atoms with Crippen LogP contribution in [-0.4, -0.2) is 23.9 Å². The molecule has 2 N–H and O–H groups in total. The summed E-state index contributed by atoms with van der Waals surface area (Å²) < 4.78 is 0. The molecule has 1 aliphatic rings. The summed E-state index contributed by atoms with van der Waals surface area (Å²) in [6.07, 6.45) is 1.48. The Morgan fingerprint density at radius 1 is 1.42 bits per heavy atom. The van der Waals surface area contributed by atoms with Gasteiger partial charge in [0.2, 0.25) is 5.91 Å². The first kappa shape index (κ1) is 13.3. The van der Waals surface area contributed by atoms with Crippen LogP contribution in [0, 0.1) is 23.0 Å². The highest BCUT2D eigenvalue weighted by Crippen LogP contribution is 2.27. The number of aryl methyl sites for hydroxylation is 1. The standard InChI is InChI=1S/C13H17N3O3/c1-9-8-11(2-3-12(9)16(18)19)15-6-4-10(5-7-15)13(14)17/h2-3,8,10H,4-7H2,1H3,(H2,14,17). The van der Waals surface area contributed by atoms with E-state index in [9.17, 15) is 14.9 Å². The molecule has 1 amide bonds. The summed E-state index contributed by atoms with van der Waals surface area (Å²) in [4.78, 5) is 23.6. The Morgan fingerprint density at radius 3 is 2.53 bits per heavy atom. The SMILES string of the molecule is Cc1cc(N2CCC(C(N)=O)CC2)ccc1[N+](=O)[O-]. The van der Waals surface area contributed by atoms with Crippen LogP contribution in [-0.2, 0) is 4.79 Å². The lowest BCUT2D eigenvalue weighted by Gasteiger charge is -2.32. The maximum atomic E-state index is 11.1. The monoisotopic (exact) mass is 263 g/mol. The molecule has 1 aromatic carbocycles. The smallest absolute Gasteiger partial charge is 0.272 e. The molecule has 0 saturated carbocycles. The van der Waals surface area contributed by atoms with Gasteiger partial charge in [-0.3, -0.25) is 14.9 Å². The van der Waals surface area contributed by atoms with Crippen molar-refractivity contribution in [2.45, 2.75) is 19.8 Å². The van der Waals surface area contributed by atoms with Gasteiger partial charge in [-0.15, -0.1) is 0 Å². The van der Waals surface area contributed by atoms with Crippen molar-refractivity contribution in [1.29, 1.82) is 0 Å². The first-order chi connectivity index (χ1) is 8.99. The van der Waals surface area contributed by atoms with Crippen molar-refractivity contribution in [2.24, 2.45) is 11.7 Å². The van der Waals surface area contributed by atoms with Crippen LogP contribution < -0.4 is 10.6 Å². The lowest BCUT2D eigenvalue weighted by Crippen LogP contribution is -2.38. The van der Waals surface area contributed by atoms with Gasteiger partial charge in [-0.25, -0.2) is 0 Å². The molecular weight excluding hydrogens is 246 g/mol. The van der Waals surface area contributed by atoms with Crippen molar-refractivity contribution in [3.63, 3.8) is 0 Å². The third-order valence-corrected chi connectivity index (χ3v) is 3.64. The molecule has 0 aromatic heterocycles. The Morgan fingerprint density at radius 2 is 2.05 bits per heavy atom. The molecule has 0 unspecified atom stereocenters. The van der Waals surface area contributed by atoms with E-state index in [2.05, 4.69) is 4.90 Å². The number of nitrogens with zero attached hydrogens (tertiary/aromatic N) is 2. The second kappa shape index (κ2) is 5.26. The van der Waals surface area contributed by atoms with Gasteiger partial charge >= 0.3 is 0 Å². The van der Waals surface area contributed by atoms with Crippen LogP contribution in [0.4, 0.5) is 11.4 Å². The average molecular weight is 263 g/mol. The van der Waals surface area contributed by atoms with Crippen molar-refractivity contribution in [2.75, 3.05) is 18.0 Å². The minimum atomic E-state index is -0.377. The summed E-state index contributed by atoms with van der Waals surface area (Å²) in [6, 6.07) is 5.11. The fourth-order valence-electron chi connectivity index (χ4n) is 2.46. The lowest BCUT2D eigenvalue weighted by atomic mass is 9.96. The fourth-order valence-corrected chi connectivity index (χ4v) is 2.46. The van der Waals surface area contributed by atoms with E-state index in [0.717, 1.165) is 31.6 Å². The van der Waals surface area contributed by atoms with Gasteiger partial charge in [-0.05, 0) is 31.9 Å². The van der Waals surface area contributed by atoms with Gasteiger partial charge in [0.25, 0.3) is 5.69 Å². The molecule has 1 aromatic rings. The quantitative estimate of drug-likeness (QED) is 0.662. The number of nitrogens with two attached hydrogens (primary N) is 1. The molecule has 19 heavy (non-hydrogen) atoms. The molecule has 0 aliphatic carbocycles. The lowest BCUT2D eigenvalue weighted by molar-refractivity contribution is -0.385. The van der Waals surface area contributed by atoms with Crippen LogP contribution in [0.15, 0.2) is 18.2 Å². The summed E-state index contributed by atoms with van der Waals surface area (Å²) >= 11 is 0. The van der Waals surface area contributed by atoms with E-state index in [0.29, 0.717) is 5.56 Å². The van der Waals surface area contributed by atoms with E-state index in [4.69, 9.17) is 5.73 Å². The molecule has 2 rings (SSSR count). The number of amides is 1. The second-order valence-corrected chi connectivity index (χ2v) is 4.89. The number of anilines is 1. The van der Waals surface area contributed by atoms with Gasteiger partial charge in [0.15, 0.2) is 0 Å². The van der Waals surface area contributed by atoms with E-state index in [1.807, 2.05) is 6.07 Å². The molecule has 0 atom stereocenters. The largest absolute Gasteiger partial charge is 0.371 e. The zero-order chi connectivity index (χ0) is 14.0. The van der Waals surface area contributed by atoms with Crippen LogP contribution in [0.5, 0.6) is 0 Å². The molecule has 1 heterocycles. The van der Waals surface area contributed by atoms with E-state index in [1.54, 1.807) is 13.0 Å². The zero-order valence-electron chi connectivity index (χ0n) is 10.8. The number of carbonyl (C=O) groups is 1. The summed E-state index contributed by atoms with van der Waals surface area (Å²) in [5.41, 5.74) is 7.05. The molecule has 6 heteroatoms. The number of hydrogen-bond donors (Lipinski definition) is 1. The van der Waals surface area contributed by atoms with Crippen molar-refractivity contribution in [1.82, 2.24) is 0 Å². The summed E-state index contributed by atoms with van der Waals surface area (Å²) in [5.74, 6) is -0.282. The first-order valence-electron chi connectivity index (χ1n) is 6.28. The summed E-state index contributed by atoms with van der Waals surface area (Å²) in [7, 11) is 0. The van der Waals surface area contributed by atoms with Gasteiger partial charge in [0, 0.05) is 36.3 Å². The molecule has 102 valence electrons. The van der Waals surface area contributed by atoms with Crippen LogP contribution in [0.2, 0.25) is 0 Å². The second-order valence-electron chi connectivity index (χ2n) is 4.89. The number of rotatable bonds is 3. The third kappa shape index (κ3) is 2.83. The van der Waals surface area contributed by atoms with Gasteiger partial charge in [0.1, 0.15) is 0 Å². The Kier molecular flexibility index (Phi) is 3.69. The Balaban J connectivity index is 2.10. The molecule has 0 bridgehead atoms. The van der Waals surface area contributed by atoms with E-state index in [1.165, 1.54) is 6.07 Å². The van der Waals surface area contributed by atoms with E-state index >= 15 is 0 Å². The number of piperidine rings is 1. The molecule has 6 nitrogen and oxygen atoms in total. The number of primary amides is 1. The van der Waals surface area contributed by atoms with Crippen molar-refractivity contribution in [3.8, 4) is 0 Å². The van der Waals surface area contributed by atoms with Crippen molar-refractivity contribution in [3.05, 3.63) is 33.9 Å². The topological polar surface area (TPSA) is 89.5 Å². The normalized spacial score (nSPS) is 16.4. The fraction of sp³-hybridized carbons (Fsp3) is 0.462. The predicted octanol–water partition coefficient (Wildman–Crippen LogP) is 1.60. The summed E-state index contributed by atoms with van der Waals surface area (Å²) in [6.45, 7) is 3.24. The zero-order valence-corrected chi connectivity index (χ0v) is 10.8. The highest BCUT2D eigenvalue weighted by molar-refractivity contribution is 5.77. The molecular formula is C13H17N3O3. The number of hydrogen-bond acceptors (Lipinski definition) is 4. The molecule has 0 spiro atoms. The third-order valence-electron chi connectivity index (χ3n) is 3.64. The van der Waals surface area contributed by atoms with Crippen LogP contribution in [0.3, 0.4) is 0 Å². The van der Waals surface area contributed by atoms with Crippen LogP contribution in [0.25, 0.3) is 0 Å². The highest BCUT2D eigenvalue weighted by Gasteiger charge is 2.23. The minimum Gasteiger partial charge on any atom is -0.371 e. The summed E-state index contributed by atoms with van der Waals surface area (Å²) in [5, 5.41) is 10.8. The molecule has 1 saturated heterocycles. The Labute approximate surface area is 111 Å². The van der Waals surface area contributed by atoms with Gasteiger partial charge in [0.05, 0.1) is 4.92 Å². The van der Waals surface area contributed by atoms with E-state index < -0.39 is 0 Å². The highest BCUT2D eigenvalue weighted by atomic mass is 16.6. The van der Waals surface area contributed by atoms with Gasteiger partial charge in [-0.1, -0.05) is 0 Å². The van der Waals surface area contributed by atoms with Crippen molar-refractivity contribution >= 4 is 17.3 Å². The molecule has 0 radical (unpaired) electrons. The first-order valence-corrected chi connectivity index (χ1v) is 6.28. The van der Waals surface area contributed by atoms with E-state index in [-0.39, 0.29) is 22.4 Å². The number of nitro groups is 1. The van der Waals surface area contributed by atoms with Crippen LogP contribution >= 0.6 is 0 Å². The maximum absolute atomic E-state index is 11.1. The Hall–Kier alpha value is -2.11. The van der Waals surface area contributed by atoms with Gasteiger partial charge < -0.3 is 10.6 Å². The molecule has 1 fully saturated rings. The Bertz CT molecular complexity index is 508. The van der Waals surface area contributed by atoms with Crippen LogP contribution in [0.1, 0.15) is 18.4 Å². The minimum absolute atomic E-state index is 0.0459.